The number of nitrogens with one attached hydrogen (secondary N) is 1. The van der Waals surface area contributed by atoms with Gasteiger partial charge in [0.1, 0.15) is 12.4 Å². The zero-order valence-electron chi connectivity index (χ0n) is 15.1. The number of hydrogen-bond acceptors (Lipinski definition) is 4. The molecule has 2 bridgehead atoms. The number of hydrogen-bond donors (Lipinski definition) is 1. The Bertz CT molecular complexity index is 914. The van der Waals surface area contributed by atoms with Crippen LogP contribution < -0.4 is 10.1 Å². The fourth-order valence-corrected chi connectivity index (χ4v) is 4.55. The highest BCUT2D eigenvalue weighted by molar-refractivity contribution is 5.99. The topological polar surface area (TPSA) is 61.9 Å². The maximum absolute atomic E-state index is 12.7. The first-order chi connectivity index (χ1) is 13.1. The van der Waals surface area contributed by atoms with E-state index in [0.29, 0.717) is 19.7 Å². The number of rotatable bonds is 3. The van der Waals surface area contributed by atoms with Gasteiger partial charge in [-0.05, 0) is 29.3 Å². The summed E-state index contributed by atoms with van der Waals surface area (Å²) in [5, 5.41) is 3.50. The number of urea groups is 1. The number of nitrogens with zero attached hydrogens (tertiary/aromatic N) is 2. The van der Waals surface area contributed by atoms with Crippen molar-refractivity contribution in [3.8, 4) is 5.75 Å². The van der Waals surface area contributed by atoms with E-state index in [1.54, 1.807) is 11.9 Å². The summed E-state index contributed by atoms with van der Waals surface area (Å²) in [7, 11) is 1.58. The second kappa shape index (κ2) is 6.01. The lowest BCUT2D eigenvalue weighted by Gasteiger charge is -2.46. The van der Waals surface area contributed by atoms with E-state index >= 15 is 0 Å². The zero-order valence-corrected chi connectivity index (χ0v) is 15.1. The van der Waals surface area contributed by atoms with E-state index in [9.17, 15) is 9.59 Å². The molecule has 2 fully saturated rings. The summed E-state index contributed by atoms with van der Waals surface area (Å²) in [5.41, 5.74) is 3.27. The fraction of sp³-hybridized carbons (Fsp3) is 0.333. The van der Waals surface area contributed by atoms with Crippen molar-refractivity contribution in [2.45, 2.75) is 18.6 Å². The number of carbonyl (C=O) groups is 2. The Morgan fingerprint density at radius 1 is 1.11 bits per heavy atom. The molecule has 6 heteroatoms. The molecule has 3 atom stereocenters. The second-order valence-electron chi connectivity index (χ2n) is 7.49. The fourth-order valence-electron chi connectivity index (χ4n) is 4.55. The van der Waals surface area contributed by atoms with Crippen LogP contribution in [-0.4, -0.2) is 47.9 Å². The molecule has 2 aromatic carbocycles. The Labute approximate surface area is 157 Å². The van der Waals surface area contributed by atoms with Crippen LogP contribution in [0.3, 0.4) is 0 Å². The number of ether oxygens (including phenoxy) is 1. The number of benzene rings is 2. The maximum atomic E-state index is 12.7. The molecule has 0 aromatic heterocycles. The van der Waals surface area contributed by atoms with Crippen LogP contribution in [0.15, 0.2) is 48.5 Å². The van der Waals surface area contributed by atoms with Crippen LogP contribution in [-0.2, 0) is 11.4 Å². The molecule has 2 aromatic rings. The van der Waals surface area contributed by atoms with Crippen LogP contribution in [0.4, 0.5) is 10.5 Å². The molecule has 3 heterocycles. The number of imide groups is 1. The van der Waals surface area contributed by atoms with Gasteiger partial charge in [-0.2, -0.15) is 0 Å². The minimum Gasteiger partial charge on any atom is -0.489 e. The Morgan fingerprint density at radius 3 is 2.74 bits per heavy atom. The molecule has 5 rings (SSSR count). The first-order valence-corrected chi connectivity index (χ1v) is 9.25. The van der Waals surface area contributed by atoms with E-state index in [4.69, 9.17) is 4.74 Å². The molecule has 3 aliphatic rings. The molecular weight excluding hydrogens is 342 g/mol. The van der Waals surface area contributed by atoms with Crippen molar-refractivity contribution < 1.29 is 14.3 Å². The smallest absolute Gasteiger partial charge is 0.326 e. The average Bonchev–Trinajstić information content (AvgIpc) is 3.07. The molecule has 0 aliphatic carbocycles. The number of fused-ring (bicyclic) bond motifs is 6. The van der Waals surface area contributed by atoms with Gasteiger partial charge >= 0.3 is 6.03 Å². The summed E-state index contributed by atoms with van der Waals surface area (Å²) in [6, 6.07) is 16.0. The van der Waals surface area contributed by atoms with Crippen LogP contribution in [0.1, 0.15) is 17.0 Å². The van der Waals surface area contributed by atoms with Gasteiger partial charge in [0.15, 0.2) is 0 Å². The first kappa shape index (κ1) is 16.2. The van der Waals surface area contributed by atoms with Crippen molar-refractivity contribution in [1.82, 2.24) is 9.80 Å². The van der Waals surface area contributed by atoms with Crippen LogP contribution in [0.2, 0.25) is 0 Å². The Kier molecular flexibility index (Phi) is 3.60. The third-order valence-corrected chi connectivity index (χ3v) is 5.88. The zero-order chi connectivity index (χ0) is 18.5. The summed E-state index contributed by atoms with van der Waals surface area (Å²) >= 11 is 0. The molecule has 138 valence electrons. The summed E-state index contributed by atoms with van der Waals surface area (Å²) in [4.78, 5) is 28.0. The molecule has 3 aliphatic heterocycles. The highest BCUT2D eigenvalue weighted by Crippen LogP contribution is 2.46. The SMILES string of the molecule is CN1C(=O)C2CN(CC3Nc4ccc(OCc5ccccc5)cc4C32)C1=O. The monoisotopic (exact) mass is 363 g/mol. The molecule has 6 nitrogen and oxygen atoms in total. The van der Waals surface area contributed by atoms with Gasteiger partial charge in [0, 0.05) is 31.7 Å². The number of amides is 3. The summed E-state index contributed by atoms with van der Waals surface area (Å²) < 4.78 is 5.98. The van der Waals surface area contributed by atoms with Gasteiger partial charge in [0.25, 0.3) is 0 Å². The molecule has 3 amide bonds. The van der Waals surface area contributed by atoms with Crippen molar-refractivity contribution in [1.29, 1.82) is 0 Å². The van der Waals surface area contributed by atoms with Crippen LogP contribution >= 0.6 is 0 Å². The lowest BCUT2D eigenvalue weighted by Crippen LogP contribution is -2.63. The van der Waals surface area contributed by atoms with Gasteiger partial charge in [-0.15, -0.1) is 0 Å². The minimum absolute atomic E-state index is 0.0691. The van der Waals surface area contributed by atoms with E-state index in [0.717, 1.165) is 22.6 Å². The third-order valence-electron chi connectivity index (χ3n) is 5.88. The molecular formula is C21H21N3O3. The molecule has 2 saturated heterocycles. The third kappa shape index (κ3) is 2.55. The van der Waals surface area contributed by atoms with Gasteiger partial charge in [0.05, 0.1) is 12.0 Å². The molecule has 0 spiro atoms. The largest absolute Gasteiger partial charge is 0.489 e. The Balaban J connectivity index is 1.41. The Morgan fingerprint density at radius 2 is 1.93 bits per heavy atom. The molecule has 1 N–H and O–H groups in total. The van der Waals surface area contributed by atoms with Crippen molar-refractivity contribution in [3.05, 3.63) is 59.7 Å². The predicted octanol–water partition coefficient (Wildman–Crippen LogP) is 2.67. The quantitative estimate of drug-likeness (QED) is 0.911. The summed E-state index contributed by atoms with van der Waals surface area (Å²) in [6.07, 6.45) is 0. The van der Waals surface area contributed by atoms with Gasteiger partial charge < -0.3 is 15.0 Å². The van der Waals surface area contributed by atoms with Crippen molar-refractivity contribution in [2.24, 2.45) is 5.92 Å². The van der Waals surface area contributed by atoms with Crippen LogP contribution in [0.25, 0.3) is 0 Å². The van der Waals surface area contributed by atoms with Gasteiger partial charge in [-0.1, -0.05) is 30.3 Å². The van der Waals surface area contributed by atoms with E-state index in [-0.39, 0.29) is 29.8 Å². The van der Waals surface area contributed by atoms with Crippen LogP contribution in [0.5, 0.6) is 5.75 Å². The Hall–Kier alpha value is -3.02. The van der Waals surface area contributed by atoms with Crippen LogP contribution in [0, 0.1) is 5.92 Å². The molecule has 0 saturated carbocycles. The standard InChI is InChI=1S/C21H21N3O3/c1-23-20(25)16-10-24(21(23)26)11-18-19(16)15-9-14(7-8-17(15)22-18)27-12-13-5-3-2-4-6-13/h2-9,16,18-19,22H,10-12H2,1H3. The first-order valence-electron chi connectivity index (χ1n) is 9.25. The van der Waals surface area contributed by atoms with Gasteiger partial charge in [0.2, 0.25) is 5.91 Å². The molecule has 0 radical (unpaired) electrons. The summed E-state index contributed by atoms with van der Waals surface area (Å²) in [6.45, 7) is 1.63. The predicted molar refractivity (Wildman–Crippen MR) is 101 cm³/mol. The summed E-state index contributed by atoms with van der Waals surface area (Å²) in [5.74, 6) is 0.579. The lowest BCUT2D eigenvalue weighted by molar-refractivity contribution is -0.137. The molecule has 27 heavy (non-hydrogen) atoms. The minimum atomic E-state index is -0.204. The van der Waals surface area contributed by atoms with Gasteiger partial charge in [-0.3, -0.25) is 9.69 Å². The highest BCUT2D eigenvalue weighted by atomic mass is 16.5. The van der Waals surface area contributed by atoms with Gasteiger partial charge in [-0.25, -0.2) is 4.79 Å². The second-order valence-corrected chi connectivity index (χ2v) is 7.49. The normalized spacial score (nSPS) is 25.7. The van der Waals surface area contributed by atoms with E-state index in [1.165, 1.54) is 4.90 Å². The van der Waals surface area contributed by atoms with Crippen molar-refractivity contribution >= 4 is 17.6 Å². The number of carbonyl (C=O) groups excluding carboxylic acids is 2. The number of piperidine rings is 1. The van der Waals surface area contributed by atoms with Crippen molar-refractivity contribution in [3.63, 3.8) is 0 Å². The average molecular weight is 363 g/mol. The molecule has 3 unspecified atom stereocenters. The van der Waals surface area contributed by atoms with Crippen molar-refractivity contribution in [2.75, 3.05) is 25.5 Å². The number of anilines is 1. The maximum Gasteiger partial charge on any atom is 0.326 e. The van der Waals surface area contributed by atoms with E-state index < -0.39 is 0 Å². The van der Waals surface area contributed by atoms with E-state index in [2.05, 4.69) is 11.4 Å². The lowest BCUT2D eigenvalue weighted by atomic mass is 9.77. The highest BCUT2D eigenvalue weighted by Gasteiger charge is 2.51. The van der Waals surface area contributed by atoms with E-state index in [1.807, 2.05) is 42.5 Å².